The summed E-state index contributed by atoms with van der Waals surface area (Å²) in [4.78, 5) is 10.5. The molecule has 5 nitrogen and oxygen atoms in total. The van der Waals surface area contributed by atoms with Crippen molar-refractivity contribution in [1.82, 2.24) is 0 Å². The summed E-state index contributed by atoms with van der Waals surface area (Å²) in [7, 11) is 1.47. The molecule has 0 aromatic heterocycles. The molecule has 0 radical (unpaired) electrons. The van der Waals surface area contributed by atoms with Crippen molar-refractivity contribution < 1.29 is 22.7 Å². The summed E-state index contributed by atoms with van der Waals surface area (Å²) in [5, 5.41) is 0. The van der Waals surface area contributed by atoms with E-state index in [-0.39, 0.29) is 19.0 Å². The molecule has 1 fully saturated rings. The number of halogens is 1. The molecule has 7 heteroatoms. The number of ether oxygens (including phenoxy) is 2. The number of carbonyl (C=O) groups is 1. The van der Waals surface area contributed by atoms with Crippen LogP contribution in [-0.2, 0) is 18.5 Å². The first-order chi connectivity index (χ1) is 5.81. The molecule has 0 unspecified atom stereocenters. The van der Waals surface area contributed by atoms with Crippen molar-refractivity contribution in [3.63, 3.8) is 0 Å². The lowest BCUT2D eigenvalue weighted by molar-refractivity contribution is -0.0430. The molecule has 76 valence electrons. The van der Waals surface area contributed by atoms with Gasteiger partial charge in [0.25, 0.3) is 0 Å². The van der Waals surface area contributed by atoms with Gasteiger partial charge in [-0.25, -0.2) is 13.2 Å². The maximum Gasteiger partial charge on any atom is 0.508 e. The van der Waals surface area contributed by atoms with Crippen molar-refractivity contribution in [3.05, 3.63) is 0 Å². The Balaban J connectivity index is 2.63. The zero-order chi connectivity index (χ0) is 10.1. The van der Waals surface area contributed by atoms with Crippen LogP contribution >= 0.6 is 10.7 Å². The molecule has 1 aliphatic rings. The van der Waals surface area contributed by atoms with Crippen molar-refractivity contribution in [2.24, 2.45) is 5.41 Å². The average Bonchev–Trinajstić information content (AvgIpc) is 1.92. The molecule has 0 saturated carbocycles. The van der Waals surface area contributed by atoms with E-state index in [1.807, 2.05) is 0 Å². The Morgan fingerprint density at radius 1 is 1.46 bits per heavy atom. The lowest BCUT2D eigenvalue weighted by atomic mass is 9.95. The highest BCUT2D eigenvalue weighted by Crippen LogP contribution is 2.25. The minimum absolute atomic E-state index is 0.0117. The van der Waals surface area contributed by atoms with Gasteiger partial charge >= 0.3 is 6.16 Å². The van der Waals surface area contributed by atoms with Crippen molar-refractivity contribution >= 4 is 25.9 Å². The number of carbonyl (C=O) groups excluding carboxylic acids is 1. The van der Waals surface area contributed by atoms with E-state index < -0.39 is 20.6 Å². The van der Waals surface area contributed by atoms with Gasteiger partial charge in [0.1, 0.15) is 13.2 Å². The predicted molar refractivity (Wildman–Crippen MR) is 45.0 cm³/mol. The zero-order valence-corrected chi connectivity index (χ0v) is 8.52. The summed E-state index contributed by atoms with van der Waals surface area (Å²) in [6, 6.07) is 0. The molecular weight excluding hydrogens is 220 g/mol. The van der Waals surface area contributed by atoms with E-state index in [9.17, 15) is 13.2 Å². The number of hydrogen-bond donors (Lipinski definition) is 0. The molecule has 0 bridgehead atoms. The van der Waals surface area contributed by atoms with Crippen LogP contribution < -0.4 is 0 Å². The summed E-state index contributed by atoms with van der Waals surface area (Å²) in [6.45, 7) is 1.65. The molecule has 0 aromatic rings. The zero-order valence-electron chi connectivity index (χ0n) is 6.95. The van der Waals surface area contributed by atoms with Gasteiger partial charge in [-0.15, -0.1) is 0 Å². The largest absolute Gasteiger partial charge is 0.508 e. The van der Waals surface area contributed by atoms with Crippen LogP contribution in [-0.4, -0.2) is 33.5 Å². The van der Waals surface area contributed by atoms with Gasteiger partial charge in [0.15, 0.2) is 0 Å². The second kappa shape index (κ2) is 3.34. The van der Waals surface area contributed by atoms with Crippen LogP contribution in [0.1, 0.15) is 6.92 Å². The lowest BCUT2D eigenvalue weighted by Crippen LogP contribution is -2.41. The second-order valence-corrected chi connectivity index (χ2v) is 6.10. The van der Waals surface area contributed by atoms with E-state index in [0.29, 0.717) is 0 Å². The van der Waals surface area contributed by atoms with Crippen molar-refractivity contribution in [1.29, 1.82) is 0 Å². The molecule has 1 aliphatic heterocycles. The first-order valence-corrected chi connectivity index (χ1v) is 6.01. The van der Waals surface area contributed by atoms with E-state index in [0.717, 1.165) is 0 Å². The third kappa shape index (κ3) is 3.40. The SMILES string of the molecule is CC1(CS(=O)(=O)Cl)COC(=O)OC1. The molecule has 0 amide bonds. The summed E-state index contributed by atoms with van der Waals surface area (Å²) in [5.41, 5.74) is -0.742. The Labute approximate surface area is 80.4 Å². The van der Waals surface area contributed by atoms with Gasteiger partial charge in [0.05, 0.1) is 11.2 Å². The van der Waals surface area contributed by atoms with Crippen LogP contribution in [0.3, 0.4) is 0 Å². The summed E-state index contributed by atoms with van der Waals surface area (Å²) >= 11 is 0. The molecular formula is C6H9ClO5S. The highest BCUT2D eigenvalue weighted by molar-refractivity contribution is 8.13. The topological polar surface area (TPSA) is 69.7 Å². The van der Waals surface area contributed by atoms with Crippen molar-refractivity contribution in [2.75, 3.05) is 19.0 Å². The number of cyclic esters (lactones) is 2. The van der Waals surface area contributed by atoms with Gasteiger partial charge < -0.3 is 9.47 Å². The van der Waals surface area contributed by atoms with E-state index in [4.69, 9.17) is 10.7 Å². The van der Waals surface area contributed by atoms with Crippen LogP contribution in [0.4, 0.5) is 4.79 Å². The van der Waals surface area contributed by atoms with Crippen LogP contribution in [0.5, 0.6) is 0 Å². The molecule has 0 N–H and O–H groups in total. The lowest BCUT2D eigenvalue weighted by Gasteiger charge is -2.30. The van der Waals surface area contributed by atoms with E-state index in [1.54, 1.807) is 6.92 Å². The maximum absolute atomic E-state index is 10.8. The molecule has 0 aromatic carbocycles. The fourth-order valence-electron chi connectivity index (χ4n) is 1.05. The first kappa shape index (κ1) is 10.6. The fourth-order valence-corrected chi connectivity index (χ4v) is 2.84. The van der Waals surface area contributed by atoms with Crippen LogP contribution in [0.2, 0.25) is 0 Å². The van der Waals surface area contributed by atoms with Crippen LogP contribution in [0.25, 0.3) is 0 Å². The molecule has 0 atom stereocenters. The molecule has 0 aliphatic carbocycles. The van der Waals surface area contributed by atoms with Gasteiger partial charge in [-0.3, -0.25) is 0 Å². The maximum atomic E-state index is 10.8. The molecule has 0 spiro atoms. The molecule has 13 heavy (non-hydrogen) atoms. The third-order valence-electron chi connectivity index (χ3n) is 1.60. The fraction of sp³-hybridized carbons (Fsp3) is 0.833. The van der Waals surface area contributed by atoms with Gasteiger partial charge in [0, 0.05) is 10.7 Å². The van der Waals surface area contributed by atoms with E-state index in [1.165, 1.54) is 0 Å². The third-order valence-corrected chi connectivity index (χ3v) is 2.97. The minimum atomic E-state index is -3.60. The summed E-state index contributed by atoms with van der Waals surface area (Å²) in [5.74, 6) is -0.269. The highest BCUT2D eigenvalue weighted by Gasteiger charge is 2.36. The highest BCUT2D eigenvalue weighted by atomic mass is 35.7. The van der Waals surface area contributed by atoms with Gasteiger partial charge in [-0.1, -0.05) is 6.92 Å². The smallest absolute Gasteiger partial charge is 0.434 e. The Morgan fingerprint density at radius 3 is 2.31 bits per heavy atom. The normalized spacial score (nSPS) is 21.8. The Kier molecular flexibility index (Phi) is 2.72. The summed E-state index contributed by atoms with van der Waals surface area (Å²) < 4.78 is 30.6. The monoisotopic (exact) mass is 228 g/mol. The minimum Gasteiger partial charge on any atom is -0.434 e. The Hall–Kier alpha value is -0.490. The van der Waals surface area contributed by atoms with Crippen LogP contribution in [0.15, 0.2) is 0 Å². The first-order valence-electron chi connectivity index (χ1n) is 3.53. The molecule has 1 rings (SSSR count). The predicted octanol–water partition coefficient (Wildman–Crippen LogP) is 0.728. The standard InChI is InChI=1S/C6H9ClO5S/c1-6(4-13(7,9)10)2-11-5(8)12-3-6/h2-4H2,1H3. The molecule has 1 saturated heterocycles. The molecule has 1 heterocycles. The number of rotatable bonds is 2. The average molecular weight is 229 g/mol. The number of hydrogen-bond acceptors (Lipinski definition) is 5. The summed E-state index contributed by atoms with van der Waals surface area (Å²) in [6.07, 6.45) is -0.774. The second-order valence-electron chi connectivity index (χ2n) is 3.32. The Bertz CT molecular complexity index is 299. The van der Waals surface area contributed by atoms with Crippen molar-refractivity contribution in [3.8, 4) is 0 Å². The Morgan fingerprint density at radius 2 is 1.92 bits per heavy atom. The van der Waals surface area contributed by atoms with Gasteiger partial charge in [-0.05, 0) is 0 Å². The van der Waals surface area contributed by atoms with E-state index >= 15 is 0 Å². The van der Waals surface area contributed by atoms with Crippen molar-refractivity contribution in [2.45, 2.75) is 6.92 Å². The van der Waals surface area contributed by atoms with Gasteiger partial charge in [0.2, 0.25) is 9.05 Å². The quantitative estimate of drug-likeness (QED) is 0.515. The van der Waals surface area contributed by atoms with Gasteiger partial charge in [-0.2, -0.15) is 0 Å². The van der Waals surface area contributed by atoms with Crippen LogP contribution in [0, 0.1) is 5.41 Å². The van der Waals surface area contributed by atoms with E-state index in [2.05, 4.69) is 9.47 Å².